The van der Waals surface area contributed by atoms with Crippen LogP contribution in [0.3, 0.4) is 0 Å². The van der Waals surface area contributed by atoms with Crippen molar-refractivity contribution in [2.75, 3.05) is 5.32 Å². The predicted molar refractivity (Wildman–Crippen MR) is 76.7 cm³/mol. The van der Waals surface area contributed by atoms with Gasteiger partial charge in [-0.3, -0.25) is 4.98 Å². The van der Waals surface area contributed by atoms with Gasteiger partial charge in [-0.2, -0.15) is 0 Å². The van der Waals surface area contributed by atoms with E-state index in [4.69, 9.17) is 0 Å². The maximum Gasteiger partial charge on any atom is 0.129 e. The summed E-state index contributed by atoms with van der Waals surface area (Å²) in [5, 5.41) is 3.46. The van der Waals surface area contributed by atoms with Crippen LogP contribution in [0.1, 0.15) is 38.8 Å². The second kappa shape index (κ2) is 5.78. The van der Waals surface area contributed by atoms with Crippen LogP contribution in [-0.2, 0) is 0 Å². The van der Waals surface area contributed by atoms with E-state index in [0.717, 1.165) is 12.2 Å². The van der Waals surface area contributed by atoms with Crippen LogP contribution < -0.4 is 5.32 Å². The number of nitrogens with zero attached hydrogens (tertiary/aromatic N) is 3. The van der Waals surface area contributed by atoms with E-state index in [2.05, 4.69) is 47.1 Å². The van der Waals surface area contributed by atoms with Crippen LogP contribution in [0.5, 0.6) is 0 Å². The van der Waals surface area contributed by atoms with Gasteiger partial charge in [0.25, 0.3) is 0 Å². The summed E-state index contributed by atoms with van der Waals surface area (Å²) in [7, 11) is 0. The number of hydrogen-bond acceptors (Lipinski definition) is 4. The molecule has 0 fully saturated rings. The molecular weight excluding hydrogens is 236 g/mol. The second-order valence-corrected chi connectivity index (χ2v) is 5.84. The Balaban J connectivity index is 2.20. The molecule has 0 aliphatic carbocycles. The van der Waals surface area contributed by atoms with Crippen molar-refractivity contribution in [3.8, 4) is 0 Å². The van der Waals surface area contributed by atoms with Gasteiger partial charge in [-0.05, 0) is 29.5 Å². The minimum absolute atomic E-state index is 0.198. The van der Waals surface area contributed by atoms with Gasteiger partial charge < -0.3 is 5.32 Å². The first kappa shape index (κ1) is 13.5. The fourth-order valence-electron chi connectivity index (χ4n) is 2.00. The molecule has 4 nitrogen and oxygen atoms in total. The molecule has 2 heterocycles. The van der Waals surface area contributed by atoms with E-state index < -0.39 is 0 Å². The molecular formula is C15H20N4. The Morgan fingerprint density at radius 3 is 2.58 bits per heavy atom. The number of nitrogens with one attached hydrogen (secondary N) is 1. The zero-order valence-corrected chi connectivity index (χ0v) is 11.7. The van der Waals surface area contributed by atoms with Crippen LogP contribution in [0.4, 0.5) is 5.82 Å². The molecule has 100 valence electrons. The van der Waals surface area contributed by atoms with E-state index in [-0.39, 0.29) is 11.5 Å². The number of anilines is 1. The summed E-state index contributed by atoms with van der Waals surface area (Å²) in [6, 6.07) is 6.14. The van der Waals surface area contributed by atoms with Crippen LogP contribution in [0.25, 0.3) is 0 Å². The number of hydrogen-bond donors (Lipinski definition) is 1. The first-order valence-corrected chi connectivity index (χ1v) is 6.47. The number of aromatic nitrogens is 3. The van der Waals surface area contributed by atoms with Crippen LogP contribution in [-0.4, -0.2) is 15.0 Å². The van der Waals surface area contributed by atoms with Crippen LogP contribution in [0, 0.1) is 5.41 Å². The molecule has 0 spiro atoms. The Morgan fingerprint density at radius 1 is 1.16 bits per heavy atom. The zero-order chi connectivity index (χ0) is 13.7. The number of rotatable bonds is 4. The van der Waals surface area contributed by atoms with E-state index in [1.54, 1.807) is 18.7 Å². The summed E-state index contributed by atoms with van der Waals surface area (Å²) in [6.45, 7) is 6.70. The smallest absolute Gasteiger partial charge is 0.129 e. The van der Waals surface area contributed by atoms with E-state index in [9.17, 15) is 0 Å². The monoisotopic (exact) mass is 256 g/mol. The van der Waals surface area contributed by atoms with E-state index in [0.29, 0.717) is 0 Å². The van der Waals surface area contributed by atoms with Crippen molar-refractivity contribution in [3.63, 3.8) is 0 Å². The first-order chi connectivity index (χ1) is 9.04. The highest BCUT2D eigenvalue weighted by atomic mass is 15.0. The summed E-state index contributed by atoms with van der Waals surface area (Å²) < 4.78 is 0. The Labute approximate surface area is 114 Å². The normalized spacial score (nSPS) is 13.0. The third-order valence-electron chi connectivity index (χ3n) is 2.81. The minimum atomic E-state index is 0.198. The molecule has 1 N–H and O–H groups in total. The molecule has 0 aromatic carbocycles. The molecule has 0 saturated carbocycles. The highest BCUT2D eigenvalue weighted by Crippen LogP contribution is 2.31. The molecule has 0 aliphatic heterocycles. The van der Waals surface area contributed by atoms with E-state index >= 15 is 0 Å². The van der Waals surface area contributed by atoms with Crippen LogP contribution >= 0.6 is 0 Å². The molecule has 1 unspecified atom stereocenters. The highest BCUT2D eigenvalue weighted by Gasteiger charge is 2.20. The topological polar surface area (TPSA) is 50.7 Å². The zero-order valence-electron chi connectivity index (χ0n) is 11.7. The predicted octanol–water partition coefficient (Wildman–Crippen LogP) is 3.46. The lowest BCUT2D eigenvalue weighted by atomic mass is 9.86. The van der Waals surface area contributed by atoms with Crippen molar-refractivity contribution in [3.05, 3.63) is 48.7 Å². The van der Waals surface area contributed by atoms with Gasteiger partial charge in [-0.15, -0.1) is 0 Å². The summed E-state index contributed by atoms with van der Waals surface area (Å²) in [6.07, 6.45) is 8.00. The summed E-state index contributed by atoms with van der Waals surface area (Å²) in [5.41, 5.74) is 1.40. The van der Waals surface area contributed by atoms with Gasteiger partial charge in [0.05, 0.1) is 6.04 Å². The quantitative estimate of drug-likeness (QED) is 0.910. The van der Waals surface area contributed by atoms with Gasteiger partial charge in [-0.1, -0.05) is 26.8 Å². The average Bonchev–Trinajstić information content (AvgIpc) is 2.39. The summed E-state index contributed by atoms with van der Waals surface area (Å²) in [4.78, 5) is 12.4. The third-order valence-corrected chi connectivity index (χ3v) is 2.81. The fraction of sp³-hybridized carbons (Fsp3) is 0.400. The fourth-order valence-corrected chi connectivity index (χ4v) is 2.00. The van der Waals surface area contributed by atoms with Crippen molar-refractivity contribution in [2.24, 2.45) is 5.41 Å². The molecule has 2 aromatic rings. The third kappa shape index (κ3) is 4.32. The summed E-state index contributed by atoms with van der Waals surface area (Å²) >= 11 is 0. The maximum atomic E-state index is 4.23. The van der Waals surface area contributed by atoms with Gasteiger partial charge in [0.1, 0.15) is 12.1 Å². The lowest BCUT2D eigenvalue weighted by molar-refractivity contribution is 0.352. The molecule has 2 rings (SSSR count). The SMILES string of the molecule is CC(C)(C)CC(Nc1ccncn1)c1cccnc1. The van der Waals surface area contributed by atoms with Gasteiger partial charge >= 0.3 is 0 Å². The molecule has 19 heavy (non-hydrogen) atoms. The van der Waals surface area contributed by atoms with Gasteiger partial charge in [0.2, 0.25) is 0 Å². The lowest BCUT2D eigenvalue weighted by Gasteiger charge is -2.27. The van der Waals surface area contributed by atoms with Crippen molar-refractivity contribution >= 4 is 5.82 Å². The standard InChI is InChI=1S/C15H20N4/c1-15(2,3)9-13(12-5-4-7-16-10-12)19-14-6-8-17-11-18-14/h4-8,10-11,13H,9H2,1-3H3,(H,17,18,19). The van der Waals surface area contributed by atoms with E-state index in [1.807, 2.05) is 18.3 Å². The first-order valence-electron chi connectivity index (χ1n) is 6.47. The maximum absolute atomic E-state index is 4.23. The molecule has 0 bridgehead atoms. The van der Waals surface area contributed by atoms with E-state index in [1.165, 1.54) is 5.56 Å². The van der Waals surface area contributed by atoms with Crippen LogP contribution in [0.15, 0.2) is 43.1 Å². The lowest BCUT2D eigenvalue weighted by Crippen LogP contribution is -2.19. The Kier molecular flexibility index (Phi) is 4.10. The molecule has 4 heteroatoms. The van der Waals surface area contributed by atoms with Crippen molar-refractivity contribution in [1.82, 2.24) is 15.0 Å². The molecule has 2 aromatic heterocycles. The second-order valence-electron chi connectivity index (χ2n) is 5.84. The molecule has 0 saturated heterocycles. The van der Waals surface area contributed by atoms with Crippen LogP contribution in [0.2, 0.25) is 0 Å². The Hall–Kier alpha value is -1.97. The molecule has 1 atom stereocenters. The van der Waals surface area contributed by atoms with Crippen molar-refractivity contribution in [2.45, 2.75) is 33.2 Å². The Morgan fingerprint density at radius 2 is 2.00 bits per heavy atom. The van der Waals surface area contributed by atoms with Gasteiger partial charge in [-0.25, -0.2) is 9.97 Å². The van der Waals surface area contributed by atoms with Crippen molar-refractivity contribution in [1.29, 1.82) is 0 Å². The Bertz CT molecular complexity index is 491. The van der Waals surface area contributed by atoms with Gasteiger partial charge in [0, 0.05) is 18.6 Å². The van der Waals surface area contributed by atoms with Crippen molar-refractivity contribution < 1.29 is 0 Å². The average molecular weight is 256 g/mol. The summed E-state index contributed by atoms with van der Waals surface area (Å²) in [5.74, 6) is 0.841. The number of pyridine rings is 1. The molecule has 0 amide bonds. The molecule has 0 radical (unpaired) electrons. The minimum Gasteiger partial charge on any atom is -0.363 e. The van der Waals surface area contributed by atoms with Gasteiger partial charge in [0.15, 0.2) is 0 Å². The molecule has 0 aliphatic rings. The highest BCUT2D eigenvalue weighted by molar-refractivity contribution is 5.36. The largest absolute Gasteiger partial charge is 0.363 e.